The number of fused-ring (bicyclic) bond motifs is 1. The summed E-state index contributed by atoms with van der Waals surface area (Å²) in [7, 11) is 0. The van der Waals surface area contributed by atoms with E-state index in [1.165, 1.54) is 19.3 Å². The third kappa shape index (κ3) is 4.01. The predicted molar refractivity (Wildman–Crippen MR) is 88.8 cm³/mol. The van der Waals surface area contributed by atoms with E-state index in [1.54, 1.807) is 0 Å². The molecule has 0 aromatic heterocycles. The minimum absolute atomic E-state index is 0.0353. The quantitative estimate of drug-likeness (QED) is 0.817. The van der Waals surface area contributed by atoms with Crippen molar-refractivity contribution in [1.29, 1.82) is 0 Å². The molecule has 3 atom stereocenters. The maximum atomic E-state index is 12.2. The number of carbonyl (C=O) groups excluding carboxylic acids is 1. The van der Waals surface area contributed by atoms with Gasteiger partial charge in [0.2, 0.25) is 5.91 Å². The molecule has 0 bridgehead atoms. The van der Waals surface area contributed by atoms with Gasteiger partial charge in [0.1, 0.15) is 6.10 Å². The highest BCUT2D eigenvalue weighted by Gasteiger charge is 2.36. The molecule has 1 saturated heterocycles. The van der Waals surface area contributed by atoms with Crippen molar-refractivity contribution in [3.8, 4) is 0 Å². The fraction of sp³-hybridized carbons (Fsp3) is 0.526. The summed E-state index contributed by atoms with van der Waals surface area (Å²) in [4.78, 5) is 12.2. The number of amides is 1. The monoisotopic (exact) mass is 315 g/mol. The van der Waals surface area contributed by atoms with Crippen LogP contribution < -0.4 is 5.32 Å². The van der Waals surface area contributed by atoms with Gasteiger partial charge in [0.25, 0.3) is 0 Å². The van der Waals surface area contributed by atoms with E-state index in [2.05, 4.69) is 12.2 Å². The molecule has 0 saturated carbocycles. The zero-order chi connectivity index (χ0) is 16.1. The highest BCUT2D eigenvalue weighted by Crippen LogP contribution is 2.30. The van der Waals surface area contributed by atoms with Crippen LogP contribution >= 0.6 is 0 Å². The van der Waals surface area contributed by atoms with Crippen LogP contribution in [0.5, 0.6) is 0 Å². The number of carbonyl (C=O) groups is 1. The summed E-state index contributed by atoms with van der Waals surface area (Å²) in [6.45, 7) is 2.67. The molecule has 0 radical (unpaired) electrons. The second-order valence-corrected chi connectivity index (χ2v) is 6.26. The van der Waals surface area contributed by atoms with Crippen molar-refractivity contribution >= 4 is 5.91 Å². The molecule has 1 aromatic carbocycles. The molecule has 0 aliphatic carbocycles. The maximum Gasteiger partial charge on any atom is 0.247 e. The summed E-state index contributed by atoms with van der Waals surface area (Å²) in [5.74, 6) is 0.0353. The molecular formula is C19H25NO3. The molecule has 2 heterocycles. The van der Waals surface area contributed by atoms with Crippen LogP contribution in [-0.2, 0) is 14.3 Å². The van der Waals surface area contributed by atoms with Crippen molar-refractivity contribution < 1.29 is 14.3 Å². The molecule has 4 nitrogen and oxygen atoms in total. The first kappa shape index (κ1) is 16.2. The van der Waals surface area contributed by atoms with Gasteiger partial charge in [-0.05, 0) is 18.9 Å². The van der Waals surface area contributed by atoms with Gasteiger partial charge in [0, 0.05) is 11.1 Å². The number of ether oxygens (including phenoxy) is 2. The maximum absolute atomic E-state index is 12.2. The Morgan fingerprint density at radius 2 is 2.00 bits per heavy atom. The standard InChI is InChI=1S/C19H25NO3/c1-2-3-4-6-11-15-12-17-16(20-18(15)21)13-22-19(23-17)14-9-7-5-8-10-14/h5,7-10,12,16-17,19H,2-4,6,11,13H2,1H3,(H,20,21)/t16-,17+,19-/m0/s1. The molecule has 1 aromatic rings. The highest BCUT2D eigenvalue weighted by atomic mass is 16.7. The van der Waals surface area contributed by atoms with Gasteiger partial charge in [0.15, 0.2) is 6.29 Å². The number of hydrogen-bond acceptors (Lipinski definition) is 3. The Bertz CT molecular complexity index is 555. The summed E-state index contributed by atoms with van der Waals surface area (Å²) in [5.41, 5.74) is 1.87. The Morgan fingerprint density at radius 1 is 1.17 bits per heavy atom. The minimum Gasteiger partial charge on any atom is -0.346 e. The van der Waals surface area contributed by atoms with Crippen molar-refractivity contribution in [2.24, 2.45) is 0 Å². The summed E-state index contributed by atoms with van der Waals surface area (Å²) in [6, 6.07) is 9.85. The number of rotatable bonds is 6. The van der Waals surface area contributed by atoms with Crippen LogP contribution in [0.25, 0.3) is 0 Å². The van der Waals surface area contributed by atoms with Crippen LogP contribution in [0.2, 0.25) is 0 Å². The lowest BCUT2D eigenvalue weighted by atomic mass is 9.97. The van der Waals surface area contributed by atoms with Crippen LogP contribution in [0.1, 0.15) is 50.9 Å². The fourth-order valence-corrected chi connectivity index (χ4v) is 3.10. The second-order valence-electron chi connectivity index (χ2n) is 6.26. The van der Waals surface area contributed by atoms with Crippen molar-refractivity contribution in [2.45, 2.75) is 57.5 Å². The molecule has 4 heteroatoms. The molecular weight excluding hydrogens is 290 g/mol. The van der Waals surface area contributed by atoms with Crippen LogP contribution in [0.15, 0.2) is 42.0 Å². The predicted octanol–water partition coefficient (Wildman–Crippen LogP) is 3.50. The molecule has 1 N–H and O–H groups in total. The molecule has 2 aliphatic heterocycles. The van der Waals surface area contributed by atoms with Crippen LogP contribution in [-0.4, -0.2) is 24.7 Å². The van der Waals surface area contributed by atoms with Crippen LogP contribution in [0.4, 0.5) is 0 Å². The minimum atomic E-state index is -0.356. The SMILES string of the molecule is CCCCCCC1=C[C@H]2O[C@@H](c3ccccc3)OC[C@@H]2NC1=O. The Labute approximate surface area is 137 Å². The van der Waals surface area contributed by atoms with E-state index in [4.69, 9.17) is 9.47 Å². The zero-order valence-electron chi connectivity index (χ0n) is 13.7. The average Bonchev–Trinajstić information content (AvgIpc) is 2.59. The Balaban J connectivity index is 1.64. The van der Waals surface area contributed by atoms with E-state index < -0.39 is 0 Å². The van der Waals surface area contributed by atoms with Crippen LogP contribution in [0.3, 0.4) is 0 Å². The van der Waals surface area contributed by atoms with E-state index in [-0.39, 0.29) is 24.3 Å². The Morgan fingerprint density at radius 3 is 2.78 bits per heavy atom. The topological polar surface area (TPSA) is 47.6 Å². The van der Waals surface area contributed by atoms with Gasteiger partial charge >= 0.3 is 0 Å². The molecule has 1 fully saturated rings. The largest absolute Gasteiger partial charge is 0.346 e. The first-order chi connectivity index (χ1) is 11.3. The van der Waals surface area contributed by atoms with Crippen molar-refractivity contribution in [3.05, 3.63) is 47.5 Å². The van der Waals surface area contributed by atoms with Gasteiger partial charge in [-0.1, -0.05) is 56.5 Å². The number of unbranched alkanes of at least 4 members (excludes halogenated alkanes) is 3. The summed E-state index contributed by atoms with van der Waals surface area (Å²) >= 11 is 0. The van der Waals surface area contributed by atoms with E-state index in [0.717, 1.165) is 24.0 Å². The molecule has 0 unspecified atom stereocenters. The first-order valence-corrected chi connectivity index (χ1v) is 8.61. The van der Waals surface area contributed by atoms with Gasteiger partial charge in [0.05, 0.1) is 12.6 Å². The number of hydrogen-bond donors (Lipinski definition) is 1. The lowest BCUT2D eigenvalue weighted by molar-refractivity contribution is -0.218. The third-order valence-corrected chi connectivity index (χ3v) is 4.45. The lowest BCUT2D eigenvalue weighted by Crippen LogP contribution is -2.53. The van der Waals surface area contributed by atoms with Crippen molar-refractivity contribution in [1.82, 2.24) is 5.32 Å². The first-order valence-electron chi connectivity index (χ1n) is 8.61. The van der Waals surface area contributed by atoms with E-state index >= 15 is 0 Å². The molecule has 2 aliphatic rings. The van der Waals surface area contributed by atoms with E-state index in [1.807, 2.05) is 36.4 Å². The lowest BCUT2D eigenvalue weighted by Gasteiger charge is -2.38. The van der Waals surface area contributed by atoms with E-state index in [9.17, 15) is 4.79 Å². The van der Waals surface area contributed by atoms with Gasteiger partial charge in [-0.25, -0.2) is 0 Å². The fourth-order valence-electron chi connectivity index (χ4n) is 3.10. The Hall–Kier alpha value is -1.65. The smallest absolute Gasteiger partial charge is 0.247 e. The summed E-state index contributed by atoms with van der Waals surface area (Å²) < 4.78 is 11.8. The molecule has 0 spiro atoms. The number of nitrogens with one attached hydrogen (secondary N) is 1. The van der Waals surface area contributed by atoms with Crippen molar-refractivity contribution in [3.63, 3.8) is 0 Å². The molecule has 1 amide bonds. The van der Waals surface area contributed by atoms with Gasteiger partial charge in [-0.15, -0.1) is 0 Å². The molecule has 23 heavy (non-hydrogen) atoms. The average molecular weight is 315 g/mol. The van der Waals surface area contributed by atoms with Crippen molar-refractivity contribution in [2.75, 3.05) is 6.61 Å². The zero-order valence-corrected chi connectivity index (χ0v) is 13.7. The van der Waals surface area contributed by atoms with Crippen LogP contribution in [0, 0.1) is 0 Å². The summed E-state index contributed by atoms with van der Waals surface area (Å²) in [6.07, 6.45) is 7.03. The van der Waals surface area contributed by atoms with Gasteiger partial charge < -0.3 is 14.8 Å². The Kier molecular flexibility index (Phi) is 5.47. The van der Waals surface area contributed by atoms with Gasteiger partial charge in [-0.2, -0.15) is 0 Å². The van der Waals surface area contributed by atoms with E-state index in [0.29, 0.717) is 6.61 Å². The third-order valence-electron chi connectivity index (χ3n) is 4.45. The highest BCUT2D eigenvalue weighted by molar-refractivity contribution is 5.94. The van der Waals surface area contributed by atoms with Gasteiger partial charge in [-0.3, -0.25) is 4.79 Å². The molecule has 3 rings (SSSR count). The summed E-state index contributed by atoms with van der Waals surface area (Å²) in [5, 5.41) is 3.02. The number of benzene rings is 1. The normalized spacial score (nSPS) is 27.1. The second kappa shape index (κ2) is 7.75. The molecule has 124 valence electrons.